The van der Waals surface area contributed by atoms with Gasteiger partial charge in [0.2, 0.25) is 0 Å². The lowest BCUT2D eigenvalue weighted by atomic mass is 9.63. The standard InChI is InChI=1S/C46H31N.C21H17N.CH3N/c1-30-12-11-15-33(28-30)34-24-25-41-39(29-34)38-20-9-10-21-40(38)46(41)42-26-22-31-13-5-7-18-36(31)44(42)47(35-16-3-2-4-17-35)45-37-19-8-6-14-32(37)23-27-43(45)46;1-2-21(22-20-11-7-4-8-12-20)19-15-13-18(14-16-19)17-9-5-3-6-10-17;1-2/h2-29H,1H3;1,3-16,21-22H;2H,1H2. The van der Waals surface area contributed by atoms with E-state index in [1.54, 1.807) is 0 Å². The normalized spacial score (nSPS) is 12.7. The molecule has 13 rings (SSSR count). The maximum atomic E-state index is 5.69. The molecule has 1 unspecified atom stereocenters. The van der Waals surface area contributed by atoms with Crippen molar-refractivity contribution in [2.24, 2.45) is 0 Å². The van der Waals surface area contributed by atoms with Crippen LogP contribution in [0.15, 0.2) is 255 Å². The number of hydrogen-bond acceptors (Lipinski definition) is 3. The molecule has 0 saturated carbocycles. The van der Waals surface area contributed by atoms with Gasteiger partial charge in [0, 0.05) is 22.1 Å². The van der Waals surface area contributed by atoms with Gasteiger partial charge in [0.05, 0.1) is 16.8 Å². The van der Waals surface area contributed by atoms with Crippen LogP contribution < -0.4 is 10.2 Å². The molecule has 0 radical (unpaired) electrons. The molecule has 11 aromatic rings. The van der Waals surface area contributed by atoms with E-state index in [9.17, 15) is 0 Å². The zero-order chi connectivity index (χ0) is 48.3. The van der Waals surface area contributed by atoms with E-state index in [2.05, 4.69) is 236 Å². The smallest absolute Gasteiger partial charge is 0.113 e. The maximum Gasteiger partial charge on any atom is 0.113 e. The van der Waals surface area contributed by atoms with Crippen LogP contribution >= 0.6 is 0 Å². The Balaban J connectivity index is 0.000000192. The molecule has 1 aliphatic heterocycles. The molecule has 1 aliphatic carbocycles. The van der Waals surface area contributed by atoms with E-state index in [1.165, 1.54) is 99.8 Å². The first-order valence-corrected chi connectivity index (χ1v) is 24.1. The number of terminal acetylenes is 1. The highest BCUT2D eigenvalue weighted by Crippen LogP contribution is 2.65. The van der Waals surface area contributed by atoms with Crippen molar-refractivity contribution in [2.45, 2.75) is 18.4 Å². The lowest BCUT2D eigenvalue weighted by Crippen LogP contribution is -2.36. The van der Waals surface area contributed by atoms with Crippen LogP contribution in [0.5, 0.6) is 0 Å². The first kappa shape index (κ1) is 44.3. The molecule has 0 amide bonds. The summed E-state index contributed by atoms with van der Waals surface area (Å²) in [4.78, 5) is 2.54. The van der Waals surface area contributed by atoms with E-state index in [4.69, 9.17) is 11.8 Å². The summed E-state index contributed by atoms with van der Waals surface area (Å²) in [7, 11) is 0. The first-order chi connectivity index (χ1) is 35.1. The van der Waals surface area contributed by atoms with Crippen LogP contribution in [0.4, 0.5) is 22.7 Å². The van der Waals surface area contributed by atoms with Gasteiger partial charge in [-0.25, -0.2) is 0 Å². The fourth-order valence-corrected chi connectivity index (χ4v) is 11.0. The van der Waals surface area contributed by atoms with Crippen LogP contribution in [0, 0.1) is 24.7 Å². The molecule has 0 fully saturated rings. The number of benzene rings is 11. The van der Waals surface area contributed by atoms with Crippen LogP contribution in [0.25, 0.3) is 54.9 Å². The highest BCUT2D eigenvalue weighted by atomic mass is 15.2. The van der Waals surface area contributed by atoms with Crippen LogP contribution in [-0.4, -0.2) is 6.72 Å². The molecule has 3 heteroatoms. The number of anilines is 4. The Hall–Kier alpha value is -9.23. The predicted molar refractivity (Wildman–Crippen MR) is 301 cm³/mol. The fraction of sp³-hybridized carbons (Fsp3) is 0.0441. The highest BCUT2D eigenvalue weighted by molar-refractivity contribution is 6.12. The minimum Gasteiger partial charge on any atom is -0.368 e. The van der Waals surface area contributed by atoms with E-state index in [1.807, 2.05) is 48.5 Å². The number of aryl methyl sites for hydroxylation is 1. The molecule has 1 atom stereocenters. The third-order valence-electron chi connectivity index (χ3n) is 14.1. The lowest BCUT2D eigenvalue weighted by Gasteiger charge is -2.46. The van der Waals surface area contributed by atoms with Gasteiger partial charge in [-0.15, -0.1) is 6.42 Å². The maximum absolute atomic E-state index is 5.69. The molecule has 2 aliphatic rings. The number of fused-ring (bicyclic) bond motifs is 13. The molecule has 338 valence electrons. The van der Waals surface area contributed by atoms with Gasteiger partial charge in [-0.2, -0.15) is 0 Å². The number of para-hydroxylation sites is 2. The molecule has 1 heterocycles. The van der Waals surface area contributed by atoms with Gasteiger partial charge in [0.1, 0.15) is 6.04 Å². The topological polar surface area (TPSA) is 39.1 Å². The second kappa shape index (κ2) is 19.0. The summed E-state index contributed by atoms with van der Waals surface area (Å²) in [6, 6.07) is 91.9. The Morgan fingerprint density at radius 1 is 0.451 bits per heavy atom. The van der Waals surface area contributed by atoms with Crippen molar-refractivity contribution in [1.29, 1.82) is 5.41 Å². The van der Waals surface area contributed by atoms with Crippen LogP contribution in [0.2, 0.25) is 0 Å². The molecule has 1 spiro atoms. The number of nitrogens with one attached hydrogen (secondary N) is 2. The lowest BCUT2D eigenvalue weighted by molar-refractivity contribution is 0.756. The minimum atomic E-state index is -0.499. The summed E-state index contributed by atoms with van der Waals surface area (Å²) in [5.41, 5.74) is 19.4. The molecular weight excluding hydrogens is 859 g/mol. The molecule has 0 saturated heterocycles. The summed E-state index contributed by atoms with van der Waals surface area (Å²) < 4.78 is 0. The van der Waals surface area contributed by atoms with E-state index < -0.39 is 5.41 Å². The Morgan fingerprint density at radius 3 is 1.58 bits per heavy atom. The Morgan fingerprint density at radius 2 is 0.944 bits per heavy atom. The Bertz CT molecular complexity index is 3650. The summed E-state index contributed by atoms with van der Waals surface area (Å²) in [6.45, 7) is 4.67. The molecular formula is C68H51N3. The van der Waals surface area contributed by atoms with Crippen molar-refractivity contribution >= 4 is 51.0 Å². The van der Waals surface area contributed by atoms with E-state index in [-0.39, 0.29) is 6.04 Å². The monoisotopic (exact) mass is 909 g/mol. The largest absolute Gasteiger partial charge is 0.368 e. The van der Waals surface area contributed by atoms with Gasteiger partial charge in [-0.3, -0.25) is 0 Å². The summed E-state index contributed by atoms with van der Waals surface area (Å²) in [5, 5.41) is 13.9. The third-order valence-corrected chi connectivity index (χ3v) is 14.1. The average Bonchev–Trinajstić information content (AvgIpc) is 3.74. The summed E-state index contributed by atoms with van der Waals surface area (Å²) >= 11 is 0. The second-order valence-electron chi connectivity index (χ2n) is 18.1. The van der Waals surface area contributed by atoms with Crippen molar-refractivity contribution in [1.82, 2.24) is 0 Å². The first-order valence-electron chi connectivity index (χ1n) is 24.1. The van der Waals surface area contributed by atoms with Crippen molar-refractivity contribution in [3.63, 3.8) is 0 Å². The van der Waals surface area contributed by atoms with Gasteiger partial charge in [-0.05, 0) is 116 Å². The van der Waals surface area contributed by atoms with E-state index >= 15 is 0 Å². The molecule has 2 N–H and O–H groups in total. The van der Waals surface area contributed by atoms with Gasteiger partial charge in [0.15, 0.2) is 0 Å². The van der Waals surface area contributed by atoms with Crippen LogP contribution in [0.3, 0.4) is 0 Å². The van der Waals surface area contributed by atoms with Gasteiger partial charge in [-0.1, -0.05) is 236 Å². The zero-order valence-corrected chi connectivity index (χ0v) is 39.6. The molecule has 0 aromatic heterocycles. The minimum absolute atomic E-state index is 0.132. The van der Waals surface area contributed by atoms with Crippen LogP contribution in [0.1, 0.15) is 39.4 Å². The zero-order valence-electron chi connectivity index (χ0n) is 39.6. The third kappa shape index (κ3) is 7.73. The number of nitrogens with zero attached hydrogens (tertiary/aromatic N) is 1. The summed E-state index contributed by atoms with van der Waals surface area (Å²) in [5.74, 6) is 2.81. The van der Waals surface area contributed by atoms with E-state index in [0.29, 0.717) is 0 Å². The Labute approximate surface area is 416 Å². The number of hydrogen-bond donors (Lipinski definition) is 2. The Kier molecular flexibility index (Phi) is 11.9. The van der Waals surface area contributed by atoms with E-state index in [0.717, 1.165) is 11.3 Å². The van der Waals surface area contributed by atoms with Crippen molar-refractivity contribution in [3.8, 4) is 45.7 Å². The second-order valence-corrected chi connectivity index (χ2v) is 18.1. The fourth-order valence-electron chi connectivity index (χ4n) is 11.0. The number of rotatable bonds is 6. The van der Waals surface area contributed by atoms with Gasteiger partial charge >= 0.3 is 0 Å². The summed E-state index contributed by atoms with van der Waals surface area (Å²) in [6.07, 6.45) is 5.69. The molecule has 3 nitrogen and oxygen atoms in total. The molecule has 71 heavy (non-hydrogen) atoms. The van der Waals surface area contributed by atoms with Crippen molar-refractivity contribution < 1.29 is 0 Å². The van der Waals surface area contributed by atoms with Crippen molar-refractivity contribution in [3.05, 3.63) is 288 Å². The van der Waals surface area contributed by atoms with Gasteiger partial charge < -0.3 is 15.6 Å². The van der Waals surface area contributed by atoms with Crippen molar-refractivity contribution in [2.75, 3.05) is 10.2 Å². The quantitative estimate of drug-likeness (QED) is 0.129. The average molecular weight is 910 g/mol. The highest BCUT2D eigenvalue weighted by Gasteiger charge is 2.52. The van der Waals surface area contributed by atoms with Crippen LogP contribution in [-0.2, 0) is 5.41 Å². The van der Waals surface area contributed by atoms with Gasteiger partial charge in [0.25, 0.3) is 0 Å². The molecule has 0 bridgehead atoms. The predicted octanol–water partition coefficient (Wildman–Crippen LogP) is 17.5. The SMILES string of the molecule is C#CC(Nc1ccccc1)c1ccc(-c2ccccc2)cc1.C=N.Cc1cccc(-c2ccc3c(c2)-c2ccccc2C32c3ccc4ccccc4c3N(c3ccccc3)c3c2ccc2ccccc32)c1. The molecule has 11 aromatic carbocycles.